The number of nitrogens with one attached hydrogen (secondary N) is 2. The van der Waals surface area contributed by atoms with E-state index in [2.05, 4.69) is 27.5 Å². The van der Waals surface area contributed by atoms with E-state index >= 15 is 0 Å². The number of hydrogen-bond acceptors (Lipinski definition) is 6. The van der Waals surface area contributed by atoms with E-state index in [0.717, 1.165) is 31.0 Å². The fraction of sp³-hybridized carbons (Fsp3) is 0.576. The molecule has 5 rings (SSSR count). The summed E-state index contributed by atoms with van der Waals surface area (Å²) in [5.74, 6) is -5.43. The average Bonchev–Trinajstić information content (AvgIpc) is 3.59. The van der Waals surface area contributed by atoms with Crippen LogP contribution in [0.2, 0.25) is 0 Å². The molecule has 2 fully saturated rings. The number of ether oxygens (including phenoxy) is 1. The van der Waals surface area contributed by atoms with Crippen LogP contribution in [0.4, 0.5) is 55.5 Å². The van der Waals surface area contributed by atoms with Crippen LogP contribution >= 0.6 is 0 Å². The number of aromatic nitrogens is 3. The van der Waals surface area contributed by atoms with Crippen LogP contribution in [0.5, 0.6) is 5.88 Å². The minimum Gasteiger partial charge on any atom is -0.471 e. The Bertz CT molecular complexity index is 1620. The number of aryl methyl sites for hydroxylation is 1. The van der Waals surface area contributed by atoms with Gasteiger partial charge in [-0.25, -0.2) is 22.5 Å². The highest BCUT2D eigenvalue weighted by Crippen LogP contribution is 2.48. The number of fused-ring (bicyclic) bond motifs is 1. The van der Waals surface area contributed by atoms with Crippen molar-refractivity contribution in [2.45, 2.75) is 97.0 Å². The number of imidazole rings is 1. The largest absolute Gasteiger partial charge is 0.471 e. The second kappa shape index (κ2) is 17.9. The lowest BCUT2D eigenvalue weighted by atomic mass is 9.86. The molecule has 0 radical (unpaired) electrons. The molecule has 2 saturated carbocycles. The van der Waals surface area contributed by atoms with Crippen molar-refractivity contribution in [1.29, 1.82) is 0 Å². The number of carbonyl (C=O) groups excluding carboxylic acids is 2. The number of carbonyl (C=O) groups is 2. The monoisotopic (exact) mass is 743 g/mol. The molecule has 2 aliphatic carbocycles. The van der Waals surface area contributed by atoms with E-state index in [1.807, 2.05) is 0 Å². The first-order chi connectivity index (χ1) is 23.8. The number of pyridine rings is 1. The summed E-state index contributed by atoms with van der Waals surface area (Å²) in [7, 11) is 1.39. The summed E-state index contributed by atoms with van der Waals surface area (Å²) in [6, 6.07) is 4.17. The molecule has 2 aromatic heterocycles. The Labute approximate surface area is 287 Å². The molecule has 0 saturated heterocycles. The van der Waals surface area contributed by atoms with Crippen LogP contribution in [0.3, 0.4) is 0 Å². The molecule has 18 heteroatoms. The standard InChI is InChI=1S/C23H20F7N5O3.C9H18.CHF3/c1-10(36)12-6-16-18(34-20(12)38-9-17(24)25)35(2)21(33-16)32-15-5-11(3-4-13(15)23(28,29)30)8-31-19(37)14-7-22(14,26)27;1-2-6-9-7-4-3-5-8-9;2-1(3)4/h3-6,14,17H,7-9H2,1-2H3,(H,31,37)(H,32,33);9H,2-8H2,1H3;1H. The van der Waals surface area contributed by atoms with Gasteiger partial charge in [-0.3, -0.25) is 14.2 Å². The smallest absolute Gasteiger partial charge is 0.418 e. The maximum absolute atomic E-state index is 13.7. The van der Waals surface area contributed by atoms with E-state index in [0.29, 0.717) is 0 Å². The summed E-state index contributed by atoms with van der Waals surface area (Å²) in [6.07, 6.45) is 2.22. The normalized spacial score (nSPS) is 17.0. The summed E-state index contributed by atoms with van der Waals surface area (Å²) in [5.41, 5.74) is -1.38. The predicted molar refractivity (Wildman–Crippen MR) is 168 cm³/mol. The number of anilines is 2. The van der Waals surface area contributed by atoms with Crippen LogP contribution in [0.1, 0.15) is 86.7 Å². The van der Waals surface area contributed by atoms with Gasteiger partial charge in [0.1, 0.15) is 11.4 Å². The van der Waals surface area contributed by atoms with Gasteiger partial charge in [0.25, 0.3) is 12.3 Å². The zero-order valence-corrected chi connectivity index (χ0v) is 28.0. The lowest BCUT2D eigenvalue weighted by Gasteiger charge is -2.20. The molecule has 51 heavy (non-hydrogen) atoms. The van der Waals surface area contributed by atoms with Gasteiger partial charge in [-0.2, -0.15) is 31.3 Å². The van der Waals surface area contributed by atoms with Crippen molar-refractivity contribution < 1.29 is 58.2 Å². The van der Waals surface area contributed by atoms with Crippen molar-refractivity contribution in [3.8, 4) is 5.88 Å². The van der Waals surface area contributed by atoms with Crippen LogP contribution in [-0.2, 0) is 24.6 Å². The molecule has 2 aliphatic rings. The minimum atomic E-state index is -4.79. The topological polar surface area (TPSA) is 98.1 Å². The molecule has 1 atom stereocenters. The van der Waals surface area contributed by atoms with Crippen LogP contribution in [0, 0.1) is 11.8 Å². The number of nitrogens with zero attached hydrogens (tertiary/aromatic N) is 3. The molecule has 8 nitrogen and oxygen atoms in total. The lowest BCUT2D eigenvalue weighted by molar-refractivity contribution is -0.137. The first-order valence-electron chi connectivity index (χ1n) is 16.2. The van der Waals surface area contributed by atoms with Crippen LogP contribution in [-0.4, -0.2) is 51.9 Å². The Morgan fingerprint density at radius 2 is 1.67 bits per heavy atom. The second-order valence-electron chi connectivity index (χ2n) is 12.2. The van der Waals surface area contributed by atoms with Crippen molar-refractivity contribution in [2.24, 2.45) is 18.9 Å². The zero-order chi connectivity index (χ0) is 38.1. The molecule has 1 aromatic carbocycles. The number of ketones is 1. The van der Waals surface area contributed by atoms with Gasteiger partial charge in [0, 0.05) is 20.0 Å². The SMILES string of the molecule is CC(=O)c1cc2nc(Nc3cc(CNC(=O)C4CC4(F)F)ccc3C(F)(F)F)n(C)c2nc1OCC(F)F.CCCC1CCCCC1.FC(F)F. The van der Waals surface area contributed by atoms with Crippen molar-refractivity contribution >= 4 is 34.5 Å². The van der Waals surface area contributed by atoms with Crippen molar-refractivity contribution in [3.63, 3.8) is 0 Å². The highest BCUT2D eigenvalue weighted by molar-refractivity contribution is 5.99. The van der Waals surface area contributed by atoms with Gasteiger partial charge in [-0.1, -0.05) is 57.9 Å². The summed E-state index contributed by atoms with van der Waals surface area (Å²) in [5, 5.41) is 4.83. The third-order valence-electron chi connectivity index (χ3n) is 8.20. The van der Waals surface area contributed by atoms with Gasteiger partial charge in [-0.15, -0.1) is 0 Å². The molecule has 0 bridgehead atoms. The average molecular weight is 744 g/mol. The number of rotatable bonds is 11. The molecular formula is C33H39F10N5O3. The van der Waals surface area contributed by atoms with Gasteiger partial charge in [0.15, 0.2) is 18.0 Å². The first-order valence-corrected chi connectivity index (χ1v) is 16.2. The molecule has 2 N–H and O–H groups in total. The van der Waals surface area contributed by atoms with Crippen molar-refractivity contribution in [3.05, 3.63) is 41.0 Å². The number of halogens is 10. The summed E-state index contributed by atoms with van der Waals surface area (Å²) in [4.78, 5) is 32.0. The van der Waals surface area contributed by atoms with E-state index in [4.69, 9.17) is 4.74 Å². The van der Waals surface area contributed by atoms with Crippen molar-refractivity contribution in [2.75, 3.05) is 11.9 Å². The van der Waals surface area contributed by atoms with Gasteiger partial charge in [-0.05, 0) is 36.6 Å². The van der Waals surface area contributed by atoms with Gasteiger partial charge >= 0.3 is 12.9 Å². The van der Waals surface area contributed by atoms with Crippen molar-refractivity contribution in [1.82, 2.24) is 19.9 Å². The van der Waals surface area contributed by atoms with Gasteiger partial charge in [0.05, 0.1) is 16.8 Å². The van der Waals surface area contributed by atoms with Crippen LogP contribution in [0.25, 0.3) is 11.2 Å². The maximum atomic E-state index is 13.7. The van der Waals surface area contributed by atoms with E-state index in [9.17, 15) is 53.5 Å². The lowest BCUT2D eigenvalue weighted by Crippen LogP contribution is -2.26. The number of hydrogen-bond donors (Lipinski definition) is 2. The summed E-state index contributed by atoms with van der Waals surface area (Å²) < 4.78 is 128. The fourth-order valence-corrected chi connectivity index (χ4v) is 5.58. The Morgan fingerprint density at radius 1 is 1.04 bits per heavy atom. The minimum absolute atomic E-state index is 0.0316. The van der Waals surface area contributed by atoms with E-state index in [1.165, 1.54) is 62.6 Å². The van der Waals surface area contributed by atoms with Gasteiger partial charge < -0.3 is 15.4 Å². The fourth-order valence-electron chi connectivity index (χ4n) is 5.58. The maximum Gasteiger partial charge on any atom is 0.418 e. The molecule has 0 spiro atoms. The number of benzene rings is 1. The molecule has 1 unspecified atom stereocenters. The Hall–Kier alpha value is -4.12. The van der Waals surface area contributed by atoms with Gasteiger partial charge in [0.2, 0.25) is 17.7 Å². The second-order valence-corrected chi connectivity index (χ2v) is 12.2. The zero-order valence-electron chi connectivity index (χ0n) is 28.0. The summed E-state index contributed by atoms with van der Waals surface area (Å²) >= 11 is 0. The Kier molecular flexibility index (Phi) is 14.5. The van der Waals surface area contributed by atoms with Crippen LogP contribution in [0.15, 0.2) is 24.3 Å². The van der Waals surface area contributed by atoms with E-state index < -0.39 is 67.1 Å². The Morgan fingerprint density at radius 3 is 2.20 bits per heavy atom. The highest BCUT2D eigenvalue weighted by atomic mass is 19.4. The molecule has 1 amide bonds. The molecule has 2 heterocycles. The van der Waals surface area contributed by atoms with Crippen LogP contribution < -0.4 is 15.4 Å². The third kappa shape index (κ3) is 12.3. The highest BCUT2D eigenvalue weighted by Gasteiger charge is 2.61. The Balaban J connectivity index is 0.000000455. The number of alkyl halides is 10. The first kappa shape index (κ1) is 41.3. The molecule has 3 aromatic rings. The molecule has 284 valence electrons. The quantitative estimate of drug-likeness (QED) is 0.150. The predicted octanol–water partition coefficient (Wildman–Crippen LogP) is 9.39. The number of Topliss-reactive ketones (excluding diaryl/α,β-unsaturated/α-hetero) is 1. The molecule has 0 aliphatic heterocycles. The van der Waals surface area contributed by atoms with E-state index in [1.54, 1.807) is 0 Å². The molecular weight excluding hydrogens is 704 g/mol. The number of amides is 1. The van der Waals surface area contributed by atoms with E-state index in [-0.39, 0.29) is 40.7 Å². The third-order valence-corrected chi connectivity index (χ3v) is 8.20. The summed E-state index contributed by atoms with van der Waals surface area (Å²) in [6.45, 7) is -1.54.